The van der Waals surface area contributed by atoms with E-state index < -0.39 is 30.8 Å². The van der Waals surface area contributed by atoms with Crippen LogP contribution < -0.4 is 0 Å². The summed E-state index contributed by atoms with van der Waals surface area (Å²) in [6.45, 7) is 1.45. The molecule has 5 heteroatoms. The lowest BCUT2D eigenvalue weighted by Crippen LogP contribution is -2.54. The van der Waals surface area contributed by atoms with Crippen LogP contribution in [0.3, 0.4) is 0 Å². The van der Waals surface area contributed by atoms with Gasteiger partial charge < -0.3 is 20.1 Å². The fourth-order valence-electron chi connectivity index (χ4n) is 1.01. The van der Waals surface area contributed by atoms with Crippen LogP contribution in [0, 0.1) is 0 Å². The van der Waals surface area contributed by atoms with Crippen molar-refractivity contribution in [3.05, 3.63) is 0 Å². The van der Waals surface area contributed by atoms with Gasteiger partial charge >= 0.3 is 0 Å². The van der Waals surface area contributed by atoms with Crippen LogP contribution in [0.1, 0.15) is 6.92 Å². The molecule has 1 rings (SSSR count). The number of hydrogen-bond acceptors (Lipinski definition) is 4. The summed E-state index contributed by atoms with van der Waals surface area (Å²) in [5.41, 5.74) is 0. The number of ether oxygens (including phenoxy) is 1. The van der Waals surface area contributed by atoms with Gasteiger partial charge in [0.1, 0.15) is 12.2 Å². The molecule has 1 heterocycles. The molecule has 1 aliphatic rings. The van der Waals surface area contributed by atoms with Crippen LogP contribution in [0.2, 0.25) is 0 Å². The monoisotopic (exact) mass is 166 g/mol. The molecule has 0 radical (unpaired) electrons. The highest BCUT2D eigenvalue weighted by atomic mass is 19.1. The molecule has 0 spiro atoms. The van der Waals surface area contributed by atoms with Gasteiger partial charge in [-0.05, 0) is 6.92 Å². The Labute approximate surface area is 63.2 Å². The number of aliphatic hydroxyl groups is 3. The van der Waals surface area contributed by atoms with Crippen LogP contribution in [0.25, 0.3) is 0 Å². The topological polar surface area (TPSA) is 69.9 Å². The molecule has 0 aromatic rings. The second-order valence-corrected chi connectivity index (χ2v) is 2.66. The predicted molar refractivity (Wildman–Crippen MR) is 33.5 cm³/mol. The molecule has 0 aliphatic carbocycles. The molecule has 0 saturated carbocycles. The Morgan fingerprint density at radius 3 is 2.27 bits per heavy atom. The summed E-state index contributed by atoms with van der Waals surface area (Å²) >= 11 is 0. The van der Waals surface area contributed by atoms with Crippen molar-refractivity contribution >= 4 is 0 Å². The van der Waals surface area contributed by atoms with Crippen molar-refractivity contribution in [2.75, 3.05) is 0 Å². The first-order chi connectivity index (χ1) is 5.04. The summed E-state index contributed by atoms with van der Waals surface area (Å²) in [6, 6.07) is 0. The SMILES string of the molecule is C[C@@H]1OC(O)[C@@H](F)[C@H](O)[C@H]1O. The maximum Gasteiger partial charge on any atom is 0.189 e. The molecule has 0 amide bonds. The lowest BCUT2D eigenvalue weighted by atomic mass is 10.0. The van der Waals surface area contributed by atoms with Gasteiger partial charge in [-0.25, -0.2) is 4.39 Å². The summed E-state index contributed by atoms with van der Waals surface area (Å²) in [6.07, 6.45) is -7.14. The van der Waals surface area contributed by atoms with Gasteiger partial charge in [0.2, 0.25) is 0 Å². The van der Waals surface area contributed by atoms with Gasteiger partial charge in [0.05, 0.1) is 6.10 Å². The maximum absolute atomic E-state index is 12.6. The van der Waals surface area contributed by atoms with E-state index in [0.29, 0.717) is 0 Å². The summed E-state index contributed by atoms with van der Waals surface area (Å²) in [5.74, 6) is 0. The van der Waals surface area contributed by atoms with E-state index in [1.807, 2.05) is 0 Å². The first-order valence-electron chi connectivity index (χ1n) is 3.37. The van der Waals surface area contributed by atoms with Crippen molar-refractivity contribution in [1.29, 1.82) is 0 Å². The van der Waals surface area contributed by atoms with Crippen molar-refractivity contribution in [3.8, 4) is 0 Å². The lowest BCUT2D eigenvalue weighted by molar-refractivity contribution is -0.261. The smallest absolute Gasteiger partial charge is 0.189 e. The average molecular weight is 166 g/mol. The standard InChI is InChI=1S/C6H11FO4/c1-2-4(8)5(9)3(7)6(10)11-2/h2-6,8-10H,1H3/t2-,3-,4-,5-,6?/m0/s1. The molecule has 4 nitrogen and oxygen atoms in total. The number of alkyl halides is 1. The number of rotatable bonds is 0. The summed E-state index contributed by atoms with van der Waals surface area (Å²) in [7, 11) is 0. The van der Waals surface area contributed by atoms with Crippen LogP contribution in [0.4, 0.5) is 4.39 Å². The van der Waals surface area contributed by atoms with Gasteiger partial charge in [-0.3, -0.25) is 0 Å². The molecule has 0 aromatic carbocycles. The van der Waals surface area contributed by atoms with Crippen LogP contribution in [0.15, 0.2) is 0 Å². The quantitative estimate of drug-likeness (QED) is 0.422. The second-order valence-electron chi connectivity index (χ2n) is 2.66. The van der Waals surface area contributed by atoms with E-state index in [2.05, 4.69) is 4.74 Å². The number of hydrogen-bond donors (Lipinski definition) is 3. The first-order valence-corrected chi connectivity index (χ1v) is 3.37. The Morgan fingerprint density at radius 1 is 1.18 bits per heavy atom. The number of aliphatic hydroxyl groups excluding tert-OH is 3. The van der Waals surface area contributed by atoms with Crippen molar-refractivity contribution in [2.24, 2.45) is 0 Å². The minimum Gasteiger partial charge on any atom is -0.388 e. The van der Waals surface area contributed by atoms with Crippen LogP contribution in [-0.4, -0.2) is 46.1 Å². The first kappa shape index (κ1) is 8.86. The van der Waals surface area contributed by atoms with E-state index in [4.69, 9.17) is 15.3 Å². The largest absolute Gasteiger partial charge is 0.388 e. The summed E-state index contributed by atoms with van der Waals surface area (Å²) in [4.78, 5) is 0. The van der Waals surface area contributed by atoms with Gasteiger partial charge in [-0.2, -0.15) is 0 Å². The van der Waals surface area contributed by atoms with Gasteiger partial charge in [0.15, 0.2) is 12.5 Å². The van der Waals surface area contributed by atoms with E-state index in [9.17, 15) is 4.39 Å². The molecule has 1 saturated heterocycles. The van der Waals surface area contributed by atoms with Crippen LogP contribution in [0.5, 0.6) is 0 Å². The molecule has 5 atom stereocenters. The minimum atomic E-state index is -1.93. The summed E-state index contributed by atoms with van der Waals surface area (Å²) < 4.78 is 17.2. The number of halogens is 1. The average Bonchev–Trinajstić information content (AvgIpc) is 1.97. The van der Waals surface area contributed by atoms with E-state index in [1.165, 1.54) is 6.92 Å². The Kier molecular flexibility index (Phi) is 2.43. The molecular formula is C6H11FO4. The zero-order valence-corrected chi connectivity index (χ0v) is 6.01. The van der Waals surface area contributed by atoms with E-state index >= 15 is 0 Å². The Balaban J connectivity index is 2.63. The third-order valence-electron chi connectivity index (χ3n) is 1.78. The molecule has 1 aliphatic heterocycles. The lowest BCUT2D eigenvalue weighted by Gasteiger charge is -2.35. The predicted octanol–water partition coefficient (Wildman–Crippen LogP) is -1.22. The van der Waals surface area contributed by atoms with Gasteiger partial charge in [0, 0.05) is 0 Å². The second kappa shape index (κ2) is 3.02. The third-order valence-corrected chi connectivity index (χ3v) is 1.78. The molecule has 0 bridgehead atoms. The zero-order valence-electron chi connectivity index (χ0n) is 6.01. The Hall–Kier alpha value is -0.230. The van der Waals surface area contributed by atoms with Crippen LogP contribution in [-0.2, 0) is 4.74 Å². The van der Waals surface area contributed by atoms with Crippen molar-refractivity contribution in [2.45, 2.75) is 37.7 Å². The van der Waals surface area contributed by atoms with Crippen LogP contribution >= 0.6 is 0 Å². The van der Waals surface area contributed by atoms with Crippen molar-refractivity contribution in [3.63, 3.8) is 0 Å². The fourth-order valence-corrected chi connectivity index (χ4v) is 1.01. The normalized spacial score (nSPS) is 52.6. The highest BCUT2D eigenvalue weighted by Gasteiger charge is 2.42. The van der Waals surface area contributed by atoms with E-state index in [1.54, 1.807) is 0 Å². The summed E-state index contributed by atoms with van der Waals surface area (Å²) in [5, 5.41) is 26.7. The van der Waals surface area contributed by atoms with E-state index in [0.717, 1.165) is 0 Å². The fraction of sp³-hybridized carbons (Fsp3) is 1.00. The van der Waals surface area contributed by atoms with Gasteiger partial charge in [-0.1, -0.05) is 0 Å². The highest BCUT2D eigenvalue weighted by Crippen LogP contribution is 2.21. The molecule has 3 N–H and O–H groups in total. The molecule has 11 heavy (non-hydrogen) atoms. The van der Waals surface area contributed by atoms with Crippen molar-refractivity contribution < 1.29 is 24.4 Å². The minimum absolute atomic E-state index is 0.744. The molecule has 1 fully saturated rings. The molecular weight excluding hydrogens is 155 g/mol. The van der Waals surface area contributed by atoms with Gasteiger partial charge in [-0.15, -0.1) is 0 Å². The Morgan fingerprint density at radius 2 is 1.73 bits per heavy atom. The van der Waals surface area contributed by atoms with E-state index in [-0.39, 0.29) is 0 Å². The maximum atomic E-state index is 12.6. The zero-order chi connectivity index (χ0) is 8.59. The molecule has 0 aromatic heterocycles. The Bertz CT molecular complexity index is 129. The van der Waals surface area contributed by atoms with Gasteiger partial charge in [0.25, 0.3) is 0 Å². The van der Waals surface area contributed by atoms with Crippen molar-refractivity contribution in [1.82, 2.24) is 0 Å². The highest BCUT2D eigenvalue weighted by molar-refractivity contribution is 4.86. The molecule has 1 unspecified atom stereocenters. The third kappa shape index (κ3) is 1.51. The molecule has 66 valence electrons.